The Labute approximate surface area is 83.4 Å². The van der Waals surface area contributed by atoms with Crippen LogP contribution < -0.4 is 5.73 Å². The predicted octanol–water partition coefficient (Wildman–Crippen LogP) is -0.146. The molecule has 0 aromatic heterocycles. The topological polar surface area (TPSA) is 69.8 Å². The lowest BCUT2D eigenvalue weighted by molar-refractivity contribution is -0.0888. The molecule has 14 heavy (non-hydrogen) atoms. The Hall–Kier alpha value is -1.25. The maximum atomic E-state index is 10.7. The zero-order valence-corrected chi connectivity index (χ0v) is 8.02. The van der Waals surface area contributed by atoms with Gasteiger partial charge in [-0.3, -0.25) is 10.1 Å². The summed E-state index contributed by atoms with van der Waals surface area (Å²) in [5.41, 5.74) is 4.95. The molecule has 1 aliphatic rings. The fourth-order valence-corrected chi connectivity index (χ4v) is 1.63. The summed E-state index contributed by atoms with van der Waals surface area (Å²) in [6.45, 7) is 2.20. The molecule has 0 bridgehead atoms. The van der Waals surface area contributed by atoms with Gasteiger partial charge in [-0.15, -0.1) is 6.42 Å². The van der Waals surface area contributed by atoms with E-state index in [1.165, 1.54) is 0 Å². The minimum atomic E-state index is -0.791. The van der Waals surface area contributed by atoms with Gasteiger partial charge in [0.2, 0.25) is 0 Å². The molecular weight excluding hydrogens is 182 g/mol. The van der Waals surface area contributed by atoms with Crippen molar-refractivity contribution in [2.24, 2.45) is 5.73 Å². The Bertz CT molecular complexity index is 241. The van der Waals surface area contributed by atoms with Crippen molar-refractivity contribution < 1.29 is 10.0 Å². The van der Waals surface area contributed by atoms with E-state index < -0.39 is 6.03 Å². The zero-order valence-electron chi connectivity index (χ0n) is 8.02. The van der Waals surface area contributed by atoms with Crippen molar-refractivity contribution >= 4 is 6.03 Å². The van der Waals surface area contributed by atoms with E-state index in [0.29, 0.717) is 24.4 Å². The highest BCUT2D eigenvalue weighted by Crippen LogP contribution is 2.14. The molecule has 78 valence electrons. The van der Waals surface area contributed by atoms with Crippen LogP contribution in [0.2, 0.25) is 0 Å². The number of urea groups is 1. The summed E-state index contributed by atoms with van der Waals surface area (Å²) in [7, 11) is 0. The number of amides is 2. The van der Waals surface area contributed by atoms with Gasteiger partial charge in [0.1, 0.15) is 0 Å². The molecule has 1 heterocycles. The van der Waals surface area contributed by atoms with Crippen molar-refractivity contribution in [3.05, 3.63) is 0 Å². The zero-order chi connectivity index (χ0) is 10.6. The highest BCUT2D eigenvalue weighted by Gasteiger charge is 2.25. The number of hydrogen-bond acceptors (Lipinski definition) is 3. The molecule has 5 heteroatoms. The van der Waals surface area contributed by atoms with Crippen molar-refractivity contribution in [3.8, 4) is 12.3 Å². The smallest absolute Gasteiger partial charge is 0.338 e. The Morgan fingerprint density at radius 3 is 2.64 bits per heavy atom. The second-order valence-corrected chi connectivity index (χ2v) is 3.39. The number of likely N-dealkylation sites (tertiary alicyclic amines) is 1. The van der Waals surface area contributed by atoms with Gasteiger partial charge in [0.15, 0.2) is 0 Å². The van der Waals surface area contributed by atoms with Crippen LogP contribution in [0, 0.1) is 12.3 Å². The molecule has 0 aromatic carbocycles. The predicted molar refractivity (Wildman–Crippen MR) is 51.5 cm³/mol. The van der Waals surface area contributed by atoms with E-state index >= 15 is 0 Å². The minimum Gasteiger partial charge on any atom is -0.350 e. The van der Waals surface area contributed by atoms with Crippen molar-refractivity contribution in [1.29, 1.82) is 0 Å². The number of nitrogens with zero attached hydrogens (tertiary/aromatic N) is 2. The van der Waals surface area contributed by atoms with E-state index in [2.05, 4.69) is 10.8 Å². The average Bonchev–Trinajstić information content (AvgIpc) is 2.18. The second kappa shape index (κ2) is 4.84. The van der Waals surface area contributed by atoms with Gasteiger partial charge in [-0.25, -0.2) is 9.86 Å². The second-order valence-electron chi connectivity index (χ2n) is 3.39. The lowest BCUT2D eigenvalue weighted by Gasteiger charge is -2.33. The number of rotatable bonds is 2. The van der Waals surface area contributed by atoms with E-state index in [0.717, 1.165) is 13.1 Å². The summed E-state index contributed by atoms with van der Waals surface area (Å²) in [6, 6.07) is -0.957. The summed E-state index contributed by atoms with van der Waals surface area (Å²) in [4.78, 5) is 12.8. The quantitative estimate of drug-likeness (QED) is 0.367. The van der Waals surface area contributed by atoms with E-state index in [1.807, 2.05) is 0 Å². The van der Waals surface area contributed by atoms with Crippen molar-refractivity contribution in [2.75, 3.05) is 19.6 Å². The largest absolute Gasteiger partial charge is 0.350 e. The van der Waals surface area contributed by atoms with Gasteiger partial charge < -0.3 is 5.73 Å². The molecule has 1 saturated heterocycles. The first-order valence-corrected chi connectivity index (χ1v) is 4.58. The molecule has 1 aliphatic heterocycles. The van der Waals surface area contributed by atoms with Crippen molar-refractivity contribution in [2.45, 2.75) is 18.9 Å². The first kappa shape index (κ1) is 10.8. The SMILES string of the molecule is C#CCN1CCC(N(O)C(N)=O)CC1. The average molecular weight is 197 g/mol. The van der Waals surface area contributed by atoms with Crippen LogP contribution in [0.25, 0.3) is 0 Å². The Morgan fingerprint density at radius 1 is 1.64 bits per heavy atom. The summed E-state index contributed by atoms with van der Waals surface area (Å²) in [6.07, 6.45) is 6.60. The van der Waals surface area contributed by atoms with Crippen LogP contribution in [-0.4, -0.2) is 46.9 Å². The summed E-state index contributed by atoms with van der Waals surface area (Å²) >= 11 is 0. The number of nitrogens with two attached hydrogens (primary N) is 1. The van der Waals surface area contributed by atoms with Crippen LogP contribution in [0.15, 0.2) is 0 Å². The molecule has 2 amide bonds. The number of carbonyl (C=O) groups is 1. The third-order valence-electron chi connectivity index (χ3n) is 2.44. The van der Waals surface area contributed by atoms with E-state index in [9.17, 15) is 10.0 Å². The highest BCUT2D eigenvalue weighted by molar-refractivity contribution is 5.70. The Kier molecular flexibility index (Phi) is 3.74. The van der Waals surface area contributed by atoms with Gasteiger partial charge in [-0.05, 0) is 12.8 Å². The maximum Gasteiger partial charge on any atom is 0.338 e. The number of hydroxylamine groups is 2. The van der Waals surface area contributed by atoms with Crippen LogP contribution in [-0.2, 0) is 0 Å². The van der Waals surface area contributed by atoms with Gasteiger partial charge in [0.05, 0.1) is 12.6 Å². The van der Waals surface area contributed by atoms with Gasteiger partial charge in [-0.2, -0.15) is 0 Å². The number of primary amides is 1. The van der Waals surface area contributed by atoms with E-state index in [1.54, 1.807) is 0 Å². The number of piperidine rings is 1. The highest BCUT2D eigenvalue weighted by atomic mass is 16.5. The number of carbonyl (C=O) groups excluding carboxylic acids is 1. The Balaban J connectivity index is 2.36. The van der Waals surface area contributed by atoms with Crippen LogP contribution >= 0.6 is 0 Å². The van der Waals surface area contributed by atoms with Gasteiger partial charge in [0.25, 0.3) is 0 Å². The van der Waals surface area contributed by atoms with E-state index in [-0.39, 0.29) is 6.04 Å². The number of terminal acetylenes is 1. The minimum absolute atomic E-state index is 0.165. The summed E-state index contributed by atoms with van der Waals surface area (Å²) in [5, 5.41) is 9.89. The third kappa shape index (κ3) is 2.62. The fourth-order valence-electron chi connectivity index (χ4n) is 1.63. The molecule has 0 aliphatic carbocycles. The molecule has 1 fully saturated rings. The molecule has 5 nitrogen and oxygen atoms in total. The lowest BCUT2D eigenvalue weighted by Crippen LogP contribution is -2.47. The maximum absolute atomic E-state index is 10.7. The summed E-state index contributed by atoms with van der Waals surface area (Å²) in [5.74, 6) is 2.56. The van der Waals surface area contributed by atoms with Gasteiger partial charge in [-0.1, -0.05) is 5.92 Å². The lowest BCUT2D eigenvalue weighted by atomic mass is 10.1. The molecule has 3 N–H and O–H groups in total. The van der Waals surface area contributed by atoms with Crippen LogP contribution in [0.4, 0.5) is 4.79 Å². The van der Waals surface area contributed by atoms with E-state index in [4.69, 9.17) is 12.2 Å². The van der Waals surface area contributed by atoms with Crippen LogP contribution in [0.1, 0.15) is 12.8 Å². The molecule has 0 saturated carbocycles. The first-order chi connectivity index (χ1) is 6.65. The standard InChI is InChI=1S/C9H15N3O2/c1-2-5-11-6-3-8(4-7-11)12(14)9(10)13/h1,8,14H,3-7H2,(H2,10,13). The first-order valence-electron chi connectivity index (χ1n) is 4.58. The summed E-state index contributed by atoms with van der Waals surface area (Å²) < 4.78 is 0. The van der Waals surface area contributed by atoms with Crippen molar-refractivity contribution in [1.82, 2.24) is 9.96 Å². The molecule has 0 spiro atoms. The third-order valence-corrected chi connectivity index (χ3v) is 2.44. The van der Waals surface area contributed by atoms with Gasteiger partial charge >= 0.3 is 6.03 Å². The van der Waals surface area contributed by atoms with Crippen LogP contribution in [0.5, 0.6) is 0 Å². The molecule has 0 atom stereocenters. The fraction of sp³-hybridized carbons (Fsp3) is 0.667. The van der Waals surface area contributed by atoms with Gasteiger partial charge in [0, 0.05) is 13.1 Å². The Morgan fingerprint density at radius 2 is 2.21 bits per heavy atom. The van der Waals surface area contributed by atoms with Crippen molar-refractivity contribution in [3.63, 3.8) is 0 Å². The number of hydrogen-bond donors (Lipinski definition) is 2. The molecule has 1 rings (SSSR count). The monoisotopic (exact) mass is 197 g/mol. The normalized spacial score (nSPS) is 18.9. The van der Waals surface area contributed by atoms with Crippen LogP contribution in [0.3, 0.4) is 0 Å². The molecular formula is C9H15N3O2. The molecule has 0 aromatic rings. The molecule has 0 radical (unpaired) electrons. The molecule has 0 unspecified atom stereocenters.